The molecule has 1 spiro atoms. The van der Waals surface area contributed by atoms with Gasteiger partial charge in [-0.2, -0.15) is 0 Å². The van der Waals surface area contributed by atoms with Gasteiger partial charge in [0.1, 0.15) is 11.2 Å². The fourth-order valence-corrected chi connectivity index (χ4v) is 5.17. The number of nitrogens with zero attached hydrogens (tertiary/aromatic N) is 2. The van der Waals surface area contributed by atoms with E-state index < -0.39 is 11.0 Å². The number of amides is 2. The van der Waals surface area contributed by atoms with Gasteiger partial charge in [0.2, 0.25) is 11.8 Å². The molecule has 3 aliphatic heterocycles. The fraction of sp³-hybridized carbons (Fsp3) is 0.571. The van der Waals surface area contributed by atoms with Crippen LogP contribution in [-0.2, 0) is 20.9 Å². The number of hydrogen-bond acceptors (Lipinski definition) is 4. The smallest absolute Gasteiger partial charge is 0.245 e. The highest BCUT2D eigenvalue weighted by molar-refractivity contribution is 6.19. The van der Waals surface area contributed by atoms with Crippen LogP contribution in [0, 0.1) is 11.2 Å². The van der Waals surface area contributed by atoms with Gasteiger partial charge >= 0.3 is 0 Å². The Morgan fingerprint density at radius 3 is 2.37 bits per heavy atom. The molecule has 0 N–H and O–H groups in total. The maximum absolute atomic E-state index is 13.4. The first-order chi connectivity index (χ1) is 12.6. The molecule has 1 aromatic carbocycles. The number of likely N-dealkylation sites (tertiary alicyclic amines) is 1. The maximum Gasteiger partial charge on any atom is 0.245 e. The van der Waals surface area contributed by atoms with E-state index in [2.05, 4.69) is 4.90 Å². The number of hydrogen-bond donors (Lipinski definition) is 0. The molecule has 3 aliphatic rings. The molecule has 0 aliphatic carbocycles. The topological polar surface area (TPSA) is 57.7 Å². The Kier molecular flexibility index (Phi) is 4.04. The Balaban J connectivity index is 1.69. The Bertz CT molecular complexity index is 814. The van der Waals surface area contributed by atoms with Gasteiger partial charge in [-0.25, -0.2) is 4.39 Å². The zero-order chi connectivity index (χ0) is 19.6. The van der Waals surface area contributed by atoms with Crippen molar-refractivity contribution < 1.29 is 18.8 Å². The first kappa shape index (κ1) is 18.3. The third kappa shape index (κ3) is 2.64. The van der Waals surface area contributed by atoms with E-state index in [9.17, 15) is 18.8 Å². The lowest BCUT2D eigenvalue weighted by atomic mass is 9.71. The molecule has 3 heterocycles. The summed E-state index contributed by atoms with van der Waals surface area (Å²) < 4.78 is 13.2. The second kappa shape index (κ2) is 5.96. The van der Waals surface area contributed by atoms with Crippen LogP contribution >= 0.6 is 0 Å². The third-order valence-corrected chi connectivity index (χ3v) is 6.34. The van der Waals surface area contributed by atoms with Gasteiger partial charge in [-0.3, -0.25) is 24.2 Å². The Labute approximate surface area is 158 Å². The number of fused-ring (bicyclic) bond motifs is 3. The number of rotatable bonds is 2. The summed E-state index contributed by atoms with van der Waals surface area (Å²) in [6, 6.07) is 6.14. The second-order valence-corrected chi connectivity index (χ2v) is 9.03. The summed E-state index contributed by atoms with van der Waals surface area (Å²) >= 11 is 0. The molecule has 0 saturated carbocycles. The van der Waals surface area contributed by atoms with E-state index in [-0.39, 0.29) is 41.9 Å². The first-order valence-electron chi connectivity index (χ1n) is 9.55. The largest absolute Gasteiger partial charge is 0.298 e. The molecule has 0 aromatic heterocycles. The van der Waals surface area contributed by atoms with Crippen LogP contribution < -0.4 is 0 Å². The van der Waals surface area contributed by atoms with E-state index in [1.807, 2.05) is 20.8 Å². The fourth-order valence-electron chi connectivity index (χ4n) is 5.17. The highest BCUT2D eigenvalue weighted by Gasteiger charge is 2.67. The zero-order valence-corrected chi connectivity index (χ0v) is 16.0. The maximum atomic E-state index is 13.4. The summed E-state index contributed by atoms with van der Waals surface area (Å²) in [4.78, 5) is 42.7. The first-order valence-corrected chi connectivity index (χ1v) is 9.55. The number of carbonyl (C=O) groups excluding carboxylic acids is 3. The Morgan fingerprint density at radius 2 is 1.78 bits per heavy atom. The summed E-state index contributed by atoms with van der Waals surface area (Å²) in [5.74, 6) is -0.966. The van der Waals surface area contributed by atoms with Crippen molar-refractivity contribution in [2.75, 3.05) is 0 Å². The van der Waals surface area contributed by atoms with Crippen LogP contribution in [0.4, 0.5) is 4.39 Å². The molecular weight excluding hydrogens is 347 g/mol. The quantitative estimate of drug-likeness (QED) is 0.592. The van der Waals surface area contributed by atoms with Gasteiger partial charge < -0.3 is 0 Å². The van der Waals surface area contributed by atoms with Crippen molar-refractivity contribution in [3.8, 4) is 0 Å². The van der Waals surface area contributed by atoms with E-state index in [0.29, 0.717) is 13.0 Å². The number of carbonyl (C=O) groups is 3. The van der Waals surface area contributed by atoms with Gasteiger partial charge in [0, 0.05) is 30.6 Å². The average Bonchev–Trinajstić information content (AvgIpc) is 3.02. The third-order valence-electron chi connectivity index (χ3n) is 6.34. The molecular formula is C21H25FN2O3. The van der Waals surface area contributed by atoms with Gasteiger partial charge in [0.25, 0.3) is 0 Å². The predicted molar refractivity (Wildman–Crippen MR) is 97.0 cm³/mol. The van der Waals surface area contributed by atoms with Crippen molar-refractivity contribution in [2.24, 2.45) is 5.41 Å². The monoisotopic (exact) mass is 372 g/mol. The molecule has 5 nitrogen and oxygen atoms in total. The number of halogens is 1. The number of imide groups is 1. The van der Waals surface area contributed by atoms with Crippen LogP contribution in [0.25, 0.3) is 0 Å². The van der Waals surface area contributed by atoms with Crippen molar-refractivity contribution in [2.45, 2.75) is 70.6 Å². The summed E-state index contributed by atoms with van der Waals surface area (Å²) in [6.07, 6.45) is 1.85. The number of ketones is 1. The predicted octanol–water partition coefficient (Wildman–Crippen LogP) is 2.68. The van der Waals surface area contributed by atoms with Crippen molar-refractivity contribution >= 4 is 17.6 Å². The Morgan fingerprint density at radius 1 is 1.11 bits per heavy atom. The minimum absolute atomic E-state index is 0.0285. The Hall–Kier alpha value is -2.08. The summed E-state index contributed by atoms with van der Waals surface area (Å²) in [6.45, 7) is 6.02. The van der Waals surface area contributed by atoms with Crippen LogP contribution in [0.5, 0.6) is 0 Å². The molecule has 1 aromatic rings. The summed E-state index contributed by atoms with van der Waals surface area (Å²) in [7, 11) is 0. The molecule has 2 bridgehead atoms. The van der Waals surface area contributed by atoms with Crippen LogP contribution in [0.1, 0.15) is 52.0 Å². The zero-order valence-electron chi connectivity index (χ0n) is 16.0. The summed E-state index contributed by atoms with van der Waals surface area (Å²) in [5, 5.41) is 0. The minimum Gasteiger partial charge on any atom is -0.298 e. The van der Waals surface area contributed by atoms with Gasteiger partial charge in [0.15, 0.2) is 5.78 Å². The molecule has 27 heavy (non-hydrogen) atoms. The van der Waals surface area contributed by atoms with E-state index in [0.717, 1.165) is 18.4 Å². The van der Waals surface area contributed by atoms with E-state index >= 15 is 0 Å². The van der Waals surface area contributed by atoms with E-state index in [4.69, 9.17) is 0 Å². The van der Waals surface area contributed by atoms with Crippen molar-refractivity contribution in [3.63, 3.8) is 0 Å². The highest BCUT2D eigenvalue weighted by atomic mass is 19.1. The molecule has 3 saturated heterocycles. The number of piperidine rings is 1. The minimum atomic E-state index is -1.25. The van der Waals surface area contributed by atoms with Crippen LogP contribution in [0.3, 0.4) is 0 Å². The number of benzene rings is 1. The van der Waals surface area contributed by atoms with Gasteiger partial charge in [-0.1, -0.05) is 12.1 Å². The molecule has 0 radical (unpaired) electrons. The SMILES string of the molecule is CC(C)(C)N1C(=O)C[C@]2(C(=O)C[C@H]3CC[C@H]2N3Cc2ccc(F)cc2)C1=O. The molecule has 0 unspecified atom stereocenters. The van der Waals surface area contributed by atoms with Crippen molar-refractivity contribution in [1.29, 1.82) is 0 Å². The van der Waals surface area contributed by atoms with Crippen LogP contribution in [0.15, 0.2) is 24.3 Å². The normalized spacial score (nSPS) is 31.4. The van der Waals surface area contributed by atoms with Gasteiger partial charge in [0.05, 0.1) is 6.42 Å². The molecule has 2 amide bonds. The standard InChI is InChI=1S/C21H25FN2O3/c1-20(2,3)24-18(26)11-21(19(24)27)16-9-8-15(10-17(21)25)23(16)12-13-4-6-14(22)7-5-13/h4-7,15-16H,8-12H2,1-3H3/t15-,16-,21+/m1/s1. The average molecular weight is 372 g/mol. The van der Waals surface area contributed by atoms with E-state index in [1.54, 1.807) is 12.1 Å². The van der Waals surface area contributed by atoms with Crippen molar-refractivity contribution in [1.82, 2.24) is 9.80 Å². The van der Waals surface area contributed by atoms with Gasteiger partial charge in [-0.05, 0) is 51.3 Å². The molecule has 144 valence electrons. The van der Waals surface area contributed by atoms with Gasteiger partial charge in [-0.15, -0.1) is 0 Å². The molecule has 3 atom stereocenters. The lowest BCUT2D eigenvalue weighted by Crippen LogP contribution is -2.60. The van der Waals surface area contributed by atoms with E-state index in [1.165, 1.54) is 17.0 Å². The molecule has 6 heteroatoms. The summed E-state index contributed by atoms with van der Waals surface area (Å²) in [5.41, 5.74) is -0.950. The lowest BCUT2D eigenvalue weighted by Gasteiger charge is -2.44. The molecule has 4 rings (SSSR count). The second-order valence-electron chi connectivity index (χ2n) is 9.03. The van der Waals surface area contributed by atoms with Crippen LogP contribution in [0.2, 0.25) is 0 Å². The van der Waals surface area contributed by atoms with Crippen LogP contribution in [-0.4, -0.2) is 45.0 Å². The lowest BCUT2D eigenvalue weighted by molar-refractivity contribution is -0.155. The molecule has 3 fully saturated rings. The number of Topliss-reactive ketones (excluding diaryl/α,β-unsaturated/α-hetero) is 1. The highest BCUT2D eigenvalue weighted by Crippen LogP contribution is 2.52. The van der Waals surface area contributed by atoms with Crippen molar-refractivity contribution in [3.05, 3.63) is 35.6 Å².